The number of hydrogen-bond donors (Lipinski definition) is 1. The fraction of sp³-hybridized carbons (Fsp3) is 0.800. The third kappa shape index (κ3) is 5.13. The average Bonchev–Trinajstić information content (AvgIpc) is 2.82. The number of rotatable bonds is 7. The first-order valence-electron chi connectivity index (χ1n) is 7.65. The number of hydrogen-bond acceptors (Lipinski definition) is 6. The van der Waals surface area contributed by atoms with E-state index < -0.39 is 0 Å². The molecule has 1 unspecified atom stereocenters. The Balaban J connectivity index is 2.04. The van der Waals surface area contributed by atoms with Crippen LogP contribution in [0.4, 0.5) is 5.13 Å². The molecule has 0 bridgehead atoms. The minimum absolute atomic E-state index is 0.604. The number of aromatic nitrogens is 1. The second-order valence-corrected chi connectivity index (χ2v) is 8.56. The zero-order chi connectivity index (χ0) is 15.2. The highest BCUT2D eigenvalue weighted by atomic mass is 32.2. The maximum absolute atomic E-state index is 5.31. The fourth-order valence-electron chi connectivity index (χ4n) is 2.36. The first kappa shape index (κ1) is 17.1. The Kier molecular flexibility index (Phi) is 6.79. The Morgan fingerprint density at radius 2 is 2.29 bits per heavy atom. The number of anilines is 1. The van der Waals surface area contributed by atoms with Crippen LogP contribution in [-0.2, 0) is 17.9 Å². The normalized spacial score (nSPS) is 19.5. The highest BCUT2D eigenvalue weighted by Crippen LogP contribution is 2.30. The maximum atomic E-state index is 5.31. The number of nitrogens with zero attached hydrogens (tertiary/aromatic N) is 2. The number of thioether (sulfide) groups is 1. The summed E-state index contributed by atoms with van der Waals surface area (Å²) in [4.78, 5) is 8.57. The van der Waals surface area contributed by atoms with E-state index in [1.807, 2.05) is 11.3 Å². The largest absolute Gasteiger partial charge is 0.378 e. The molecule has 2 heterocycles. The van der Waals surface area contributed by atoms with Crippen molar-refractivity contribution in [2.24, 2.45) is 5.92 Å². The Labute approximate surface area is 136 Å². The lowest BCUT2D eigenvalue weighted by molar-refractivity contribution is 0.181. The molecule has 0 aliphatic carbocycles. The van der Waals surface area contributed by atoms with Gasteiger partial charge in [-0.25, -0.2) is 4.98 Å². The molecule has 0 saturated carbocycles. The summed E-state index contributed by atoms with van der Waals surface area (Å²) in [6.07, 6.45) is 0. The summed E-state index contributed by atoms with van der Waals surface area (Å²) in [6.45, 7) is 11.5. The molecule has 0 aromatic carbocycles. The molecule has 1 fully saturated rings. The van der Waals surface area contributed by atoms with Gasteiger partial charge < -0.3 is 15.0 Å². The minimum atomic E-state index is 0.604. The predicted molar refractivity (Wildman–Crippen MR) is 93.5 cm³/mol. The molecular weight excluding hydrogens is 302 g/mol. The van der Waals surface area contributed by atoms with Gasteiger partial charge in [0, 0.05) is 42.6 Å². The van der Waals surface area contributed by atoms with Crippen molar-refractivity contribution >= 4 is 28.2 Å². The number of ether oxygens (including phenoxy) is 1. The molecule has 0 amide bonds. The van der Waals surface area contributed by atoms with Crippen molar-refractivity contribution in [2.75, 3.05) is 37.4 Å². The van der Waals surface area contributed by atoms with Gasteiger partial charge in [-0.1, -0.05) is 20.8 Å². The topological polar surface area (TPSA) is 37.4 Å². The van der Waals surface area contributed by atoms with Crippen LogP contribution in [0.2, 0.25) is 0 Å². The van der Waals surface area contributed by atoms with Crippen LogP contribution in [0.25, 0.3) is 0 Å². The summed E-state index contributed by atoms with van der Waals surface area (Å²) >= 11 is 3.88. The first-order valence-corrected chi connectivity index (χ1v) is 9.51. The van der Waals surface area contributed by atoms with Crippen LogP contribution in [0.1, 0.15) is 31.3 Å². The van der Waals surface area contributed by atoms with E-state index in [1.165, 1.54) is 10.6 Å². The van der Waals surface area contributed by atoms with E-state index in [4.69, 9.17) is 9.72 Å². The highest BCUT2D eigenvalue weighted by Gasteiger charge is 2.21. The Morgan fingerprint density at radius 3 is 2.95 bits per heavy atom. The fourth-order valence-corrected chi connectivity index (χ4v) is 4.44. The van der Waals surface area contributed by atoms with Crippen LogP contribution < -0.4 is 10.2 Å². The van der Waals surface area contributed by atoms with Crippen molar-refractivity contribution < 1.29 is 4.74 Å². The lowest BCUT2D eigenvalue weighted by Crippen LogP contribution is -2.36. The number of thiazole rings is 1. The summed E-state index contributed by atoms with van der Waals surface area (Å²) in [5.41, 5.74) is 1.10. The molecule has 1 N–H and O–H groups in total. The van der Waals surface area contributed by atoms with Gasteiger partial charge in [-0.2, -0.15) is 11.8 Å². The van der Waals surface area contributed by atoms with Crippen LogP contribution in [0.5, 0.6) is 0 Å². The van der Waals surface area contributed by atoms with Gasteiger partial charge in [-0.3, -0.25) is 0 Å². The molecule has 1 atom stereocenters. The standard InChI is InChI=1S/C15H27N3OS2/c1-11(2)7-16-8-14-13(10-19-4)17-15(21-14)18-5-6-20-12(3)9-18/h11-12,16H,5-10H2,1-4H3. The van der Waals surface area contributed by atoms with Gasteiger partial charge in [-0.15, -0.1) is 11.3 Å². The zero-order valence-electron chi connectivity index (χ0n) is 13.5. The Bertz CT molecular complexity index is 437. The van der Waals surface area contributed by atoms with Gasteiger partial charge in [0.25, 0.3) is 0 Å². The molecule has 4 nitrogen and oxygen atoms in total. The van der Waals surface area contributed by atoms with Gasteiger partial charge in [0.05, 0.1) is 12.3 Å². The first-order chi connectivity index (χ1) is 10.1. The van der Waals surface area contributed by atoms with E-state index in [0.717, 1.165) is 37.0 Å². The van der Waals surface area contributed by atoms with E-state index in [2.05, 4.69) is 42.7 Å². The number of methoxy groups -OCH3 is 1. The maximum Gasteiger partial charge on any atom is 0.185 e. The summed E-state index contributed by atoms with van der Waals surface area (Å²) in [6, 6.07) is 0. The molecule has 0 radical (unpaired) electrons. The molecule has 1 aromatic heterocycles. The number of nitrogens with one attached hydrogen (secondary N) is 1. The van der Waals surface area contributed by atoms with E-state index >= 15 is 0 Å². The van der Waals surface area contributed by atoms with Crippen molar-refractivity contribution in [3.8, 4) is 0 Å². The molecular formula is C15H27N3OS2. The summed E-state index contributed by atoms with van der Waals surface area (Å²) in [5, 5.41) is 5.37. The van der Waals surface area contributed by atoms with Gasteiger partial charge in [0.15, 0.2) is 5.13 Å². The Morgan fingerprint density at radius 1 is 1.48 bits per heavy atom. The SMILES string of the molecule is COCc1nc(N2CCSC(C)C2)sc1CNCC(C)C. The van der Waals surface area contributed by atoms with Gasteiger partial charge in [0.2, 0.25) is 0 Å². The zero-order valence-corrected chi connectivity index (χ0v) is 15.1. The smallest absolute Gasteiger partial charge is 0.185 e. The third-order valence-corrected chi connectivity index (χ3v) is 5.69. The van der Waals surface area contributed by atoms with Crippen LogP contribution in [-0.4, -0.2) is 42.7 Å². The van der Waals surface area contributed by atoms with E-state index in [-0.39, 0.29) is 0 Å². The van der Waals surface area contributed by atoms with Crippen LogP contribution in [0.15, 0.2) is 0 Å². The lowest BCUT2D eigenvalue weighted by atomic mass is 10.2. The van der Waals surface area contributed by atoms with Gasteiger partial charge >= 0.3 is 0 Å². The quantitative estimate of drug-likeness (QED) is 0.832. The second-order valence-electron chi connectivity index (χ2n) is 5.95. The molecule has 1 aliphatic heterocycles. The molecule has 0 spiro atoms. The van der Waals surface area contributed by atoms with Crippen LogP contribution in [0, 0.1) is 5.92 Å². The van der Waals surface area contributed by atoms with Crippen molar-refractivity contribution in [3.05, 3.63) is 10.6 Å². The molecule has 120 valence electrons. The minimum Gasteiger partial charge on any atom is -0.378 e. The third-order valence-electron chi connectivity index (χ3n) is 3.40. The molecule has 6 heteroatoms. The molecule has 2 rings (SSSR count). The second kappa shape index (κ2) is 8.36. The molecule has 1 saturated heterocycles. The summed E-state index contributed by atoms with van der Waals surface area (Å²) in [7, 11) is 1.74. The Hall–Kier alpha value is -0.300. The molecule has 1 aromatic rings. The van der Waals surface area contributed by atoms with Crippen molar-refractivity contribution in [2.45, 2.75) is 39.2 Å². The highest BCUT2D eigenvalue weighted by molar-refractivity contribution is 8.00. The predicted octanol–water partition coefficient (Wildman–Crippen LogP) is 2.98. The van der Waals surface area contributed by atoms with Crippen molar-refractivity contribution in [1.29, 1.82) is 0 Å². The van der Waals surface area contributed by atoms with Crippen molar-refractivity contribution in [1.82, 2.24) is 10.3 Å². The van der Waals surface area contributed by atoms with Crippen LogP contribution >= 0.6 is 23.1 Å². The lowest BCUT2D eigenvalue weighted by Gasteiger charge is -2.30. The van der Waals surface area contributed by atoms with E-state index in [1.54, 1.807) is 7.11 Å². The average molecular weight is 330 g/mol. The monoisotopic (exact) mass is 329 g/mol. The van der Waals surface area contributed by atoms with Gasteiger partial charge in [0.1, 0.15) is 0 Å². The molecule has 21 heavy (non-hydrogen) atoms. The van der Waals surface area contributed by atoms with Crippen molar-refractivity contribution in [3.63, 3.8) is 0 Å². The summed E-state index contributed by atoms with van der Waals surface area (Å²) < 4.78 is 5.31. The van der Waals surface area contributed by atoms with Crippen LogP contribution in [0.3, 0.4) is 0 Å². The van der Waals surface area contributed by atoms with Gasteiger partial charge in [-0.05, 0) is 12.5 Å². The molecule has 1 aliphatic rings. The summed E-state index contributed by atoms with van der Waals surface area (Å²) in [5.74, 6) is 1.87. The van der Waals surface area contributed by atoms with E-state index in [0.29, 0.717) is 17.8 Å². The van der Waals surface area contributed by atoms with E-state index in [9.17, 15) is 0 Å².